The Kier molecular flexibility index (Phi) is 2.37. The fraction of sp³-hybridized carbons (Fsp3) is 0.600. The summed E-state index contributed by atoms with van der Waals surface area (Å²) >= 11 is 0. The summed E-state index contributed by atoms with van der Waals surface area (Å²) in [4.78, 5) is 8.75. The zero-order chi connectivity index (χ0) is 10.1. The topological polar surface area (TPSA) is 61.0 Å². The van der Waals surface area contributed by atoms with Gasteiger partial charge >= 0.3 is 0 Å². The lowest BCUT2D eigenvalue weighted by atomic mass is 10.1. The van der Waals surface area contributed by atoms with E-state index < -0.39 is 0 Å². The van der Waals surface area contributed by atoms with Gasteiger partial charge in [-0.2, -0.15) is 4.98 Å². The summed E-state index contributed by atoms with van der Waals surface area (Å²) in [7, 11) is 0. The molecule has 1 aromatic heterocycles. The van der Waals surface area contributed by atoms with Crippen molar-refractivity contribution in [3.63, 3.8) is 0 Å². The molecule has 14 heavy (non-hydrogen) atoms. The second-order valence-corrected chi connectivity index (χ2v) is 3.55. The van der Waals surface area contributed by atoms with Crippen molar-refractivity contribution in [3.8, 4) is 5.88 Å². The van der Waals surface area contributed by atoms with Crippen molar-refractivity contribution >= 4 is 0 Å². The second-order valence-electron chi connectivity index (χ2n) is 3.55. The van der Waals surface area contributed by atoms with Crippen LogP contribution in [0.4, 0.5) is 0 Å². The molecule has 0 spiro atoms. The van der Waals surface area contributed by atoms with Crippen LogP contribution in [0.1, 0.15) is 37.0 Å². The third-order valence-electron chi connectivity index (χ3n) is 2.41. The molecule has 1 aromatic rings. The minimum Gasteiger partial charge on any atom is -0.477 e. The average molecular weight is 193 g/mol. The third-order valence-corrected chi connectivity index (χ3v) is 2.41. The van der Waals surface area contributed by atoms with Gasteiger partial charge in [0.15, 0.2) is 0 Å². The molecule has 0 bridgehead atoms. The quantitative estimate of drug-likeness (QED) is 0.761. The molecule has 2 N–H and O–H groups in total. The molecule has 4 nitrogen and oxygen atoms in total. The lowest BCUT2D eigenvalue weighted by molar-refractivity contribution is 0.342. The van der Waals surface area contributed by atoms with Gasteiger partial charge in [-0.25, -0.2) is 4.98 Å². The highest BCUT2D eigenvalue weighted by Crippen LogP contribution is 2.26. The normalized spacial score (nSPS) is 16.2. The first-order valence-electron chi connectivity index (χ1n) is 5.00. The minimum atomic E-state index is -0.130. The summed E-state index contributed by atoms with van der Waals surface area (Å²) in [6, 6.07) is -0.130. The van der Waals surface area contributed by atoms with Gasteiger partial charge in [-0.1, -0.05) is 6.92 Å². The van der Waals surface area contributed by atoms with Gasteiger partial charge in [-0.3, -0.25) is 0 Å². The number of hydrogen-bond acceptors (Lipinski definition) is 4. The molecule has 1 aliphatic heterocycles. The number of aryl methyl sites for hydroxylation is 1. The third kappa shape index (κ3) is 1.46. The van der Waals surface area contributed by atoms with Gasteiger partial charge in [-0.15, -0.1) is 0 Å². The molecule has 0 radical (unpaired) electrons. The van der Waals surface area contributed by atoms with Crippen LogP contribution < -0.4 is 10.5 Å². The summed E-state index contributed by atoms with van der Waals surface area (Å²) < 4.78 is 5.43. The zero-order valence-corrected chi connectivity index (χ0v) is 8.58. The number of ether oxygens (including phenoxy) is 1. The SMILES string of the molecule is CCc1nc(C(C)N)nc2c1CCO2. The van der Waals surface area contributed by atoms with E-state index in [2.05, 4.69) is 16.9 Å². The molecule has 0 aliphatic carbocycles. The van der Waals surface area contributed by atoms with Crippen molar-refractivity contribution in [2.45, 2.75) is 32.7 Å². The number of hydrogen-bond donors (Lipinski definition) is 1. The van der Waals surface area contributed by atoms with Crippen molar-refractivity contribution in [1.29, 1.82) is 0 Å². The van der Waals surface area contributed by atoms with Crippen molar-refractivity contribution in [1.82, 2.24) is 9.97 Å². The molecule has 0 amide bonds. The maximum Gasteiger partial charge on any atom is 0.220 e. The van der Waals surface area contributed by atoms with E-state index in [1.165, 1.54) is 0 Å². The molecule has 76 valence electrons. The average Bonchev–Trinajstić information content (AvgIpc) is 2.63. The lowest BCUT2D eigenvalue weighted by Crippen LogP contribution is -2.12. The summed E-state index contributed by atoms with van der Waals surface area (Å²) in [6.45, 7) is 4.70. The van der Waals surface area contributed by atoms with Gasteiger partial charge in [0.2, 0.25) is 5.88 Å². The van der Waals surface area contributed by atoms with Crippen LogP contribution in [-0.2, 0) is 12.8 Å². The summed E-state index contributed by atoms with van der Waals surface area (Å²) in [6.07, 6.45) is 1.84. The summed E-state index contributed by atoms with van der Waals surface area (Å²) in [5.41, 5.74) is 8.00. The maximum absolute atomic E-state index is 5.75. The fourth-order valence-corrected chi connectivity index (χ4v) is 1.64. The Hall–Kier alpha value is -1.16. The largest absolute Gasteiger partial charge is 0.477 e. The predicted molar refractivity (Wildman–Crippen MR) is 53.2 cm³/mol. The molecule has 4 heteroatoms. The molecular weight excluding hydrogens is 178 g/mol. The molecule has 1 aliphatic rings. The summed E-state index contributed by atoms with van der Waals surface area (Å²) in [5.74, 6) is 1.42. The highest BCUT2D eigenvalue weighted by Gasteiger charge is 2.20. The van der Waals surface area contributed by atoms with Gasteiger partial charge in [0, 0.05) is 12.0 Å². The van der Waals surface area contributed by atoms with E-state index in [-0.39, 0.29) is 6.04 Å². The van der Waals surface area contributed by atoms with E-state index in [0.717, 1.165) is 36.6 Å². The smallest absolute Gasteiger partial charge is 0.220 e. The Morgan fingerprint density at radius 2 is 2.29 bits per heavy atom. The van der Waals surface area contributed by atoms with E-state index in [4.69, 9.17) is 10.5 Å². The molecule has 2 rings (SSSR count). The Labute approximate surface area is 83.5 Å². The first kappa shape index (κ1) is 9.40. The lowest BCUT2D eigenvalue weighted by Gasteiger charge is -2.09. The van der Waals surface area contributed by atoms with E-state index in [0.29, 0.717) is 5.82 Å². The van der Waals surface area contributed by atoms with Crippen LogP contribution >= 0.6 is 0 Å². The van der Waals surface area contributed by atoms with Crippen LogP contribution in [0.5, 0.6) is 5.88 Å². The molecule has 0 fully saturated rings. The van der Waals surface area contributed by atoms with Gasteiger partial charge in [-0.05, 0) is 13.3 Å². The second kappa shape index (κ2) is 3.53. The zero-order valence-electron chi connectivity index (χ0n) is 8.58. The first-order valence-corrected chi connectivity index (χ1v) is 5.00. The number of fused-ring (bicyclic) bond motifs is 1. The van der Waals surface area contributed by atoms with Crippen LogP contribution in [0.25, 0.3) is 0 Å². The highest BCUT2D eigenvalue weighted by molar-refractivity contribution is 5.34. The molecule has 0 saturated heterocycles. The Balaban J connectivity index is 2.49. The first-order chi connectivity index (χ1) is 6.72. The maximum atomic E-state index is 5.75. The van der Waals surface area contributed by atoms with Gasteiger partial charge < -0.3 is 10.5 Å². The van der Waals surface area contributed by atoms with Crippen molar-refractivity contribution in [2.75, 3.05) is 6.61 Å². The van der Waals surface area contributed by atoms with Crippen LogP contribution in [0.2, 0.25) is 0 Å². The van der Waals surface area contributed by atoms with Crippen molar-refractivity contribution in [2.24, 2.45) is 5.73 Å². The minimum absolute atomic E-state index is 0.130. The Bertz CT molecular complexity index is 349. The molecule has 0 saturated carbocycles. The molecule has 2 heterocycles. The molecule has 1 atom stereocenters. The van der Waals surface area contributed by atoms with Crippen molar-refractivity contribution in [3.05, 3.63) is 17.1 Å². The van der Waals surface area contributed by atoms with Crippen LogP contribution in [0.15, 0.2) is 0 Å². The molecule has 0 aromatic carbocycles. The number of aromatic nitrogens is 2. The Morgan fingerprint density at radius 1 is 1.50 bits per heavy atom. The van der Waals surface area contributed by atoms with E-state index in [9.17, 15) is 0 Å². The van der Waals surface area contributed by atoms with E-state index in [1.807, 2.05) is 6.92 Å². The Morgan fingerprint density at radius 3 is 2.93 bits per heavy atom. The number of rotatable bonds is 2. The van der Waals surface area contributed by atoms with Gasteiger partial charge in [0.05, 0.1) is 18.3 Å². The highest BCUT2D eigenvalue weighted by atomic mass is 16.5. The van der Waals surface area contributed by atoms with Crippen LogP contribution in [0.3, 0.4) is 0 Å². The van der Waals surface area contributed by atoms with Crippen molar-refractivity contribution < 1.29 is 4.74 Å². The fourth-order valence-electron chi connectivity index (χ4n) is 1.64. The van der Waals surface area contributed by atoms with E-state index in [1.54, 1.807) is 0 Å². The van der Waals surface area contributed by atoms with Gasteiger partial charge in [0.1, 0.15) is 5.82 Å². The van der Waals surface area contributed by atoms with Crippen LogP contribution in [0, 0.1) is 0 Å². The number of nitrogens with two attached hydrogens (primary N) is 1. The van der Waals surface area contributed by atoms with Crippen LogP contribution in [-0.4, -0.2) is 16.6 Å². The molecular formula is C10H15N3O. The van der Waals surface area contributed by atoms with Gasteiger partial charge in [0.25, 0.3) is 0 Å². The monoisotopic (exact) mass is 193 g/mol. The van der Waals surface area contributed by atoms with E-state index >= 15 is 0 Å². The summed E-state index contributed by atoms with van der Waals surface area (Å²) in [5, 5.41) is 0. The standard InChI is InChI=1S/C10H15N3O/c1-3-8-7-4-5-14-10(7)13-9(12-8)6(2)11/h6H,3-5,11H2,1-2H3. The molecule has 1 unspecified atom stereocenters. The predicted octanol–water partition coefficient (Wildman–Crippen LogP) is 0.994. The number of nitrogens with zero attached hydrogens (tertiary/aromatic N) is 2.